The fraction of sp³-hybridized carbons (Fsp3) is 0.524. The minimum absolute atomic E-state index is 0.0888. The van der Waals surface area contributed by atoms with Crippen molar-refractivity contribution in [2.45, 2.75) is 19.8 Å². The van der Waals surface area contributed by atoms with Crippen LogP contribution < -0.4 is 14.5 Å². The number of carbonyl (C=O) groups is 1. The molecule has 0 N–H and O–H groups in total. The second kappa shape index (κ2) is 8.39. The van der Waals surface area contributed by atoms with E-state index in [1.165, 1.54) is 12.1 Å². The molecule has 2 aliphatic heterocycles. The standard InChI is InChI=1S/C21H28N4O2S/c1-16-4-3-9-25(14-16)20(26)19-15-28-21(22-19)24-12-10-23(11-13-24)17-5-7-18(27-2)8-6-17/h5-8,15-16H,3-4,9-14H2,1-2H3. The molecule has 1 aromatic heterocycles. The first-order chi connectivity index (χ1) is 13.6. The van der Waals surface area contributed by atoms with Crippen LogP contribution in [0, 0.1) is 5.92 Å². The summed E-state index contributed by atoms with van der Waals surface area (Å²) in [6, 6.07) is 8.21. The van der Waals surface area contributed by atoms with E-state index in [1.807, 2.05) is 22.4 Å². The molecule has 0 bridgehead atoms. The number of aromatic nitrogens is 1. The van der Waals surface area contributed by atoms with Gasteiger partial charge in [0.25, 0.3) is 5.91 Å². The van der Waals surface area contributed by atoms with Gasteiger partial charge in [-0.15, -0.1) is 11.3 Å². The fourth-order valence-electron chi connectivity index (χ4n) is 3.99. The number of hydrogen-bond acceptors (Lipinski definition) is 6. The minimum atomic E-state index is 0.0888. The number of methoxy groups -OCH3 is 1. The van der Waals surface area contributed by atoms with Gasteiger partial charge in [0, 0.05) is 50.3 Å². The first-order valence-corrected chi connectivity index (χ1v) is 10.9. The van der Waals surface area contributed by atoms with Crippen LogP contribution in [-0.4, -0.2) is 62.2 Å². The lowest BCUT2D eigenvalue weighted by molar-refractivity contribution is 0.0678. The van der Waals surface area contributed by atoms with E-state index >= 15 is 0 Å². The van der Waals surface area contributed by atoms with Crippen LogP contribution in [0.15, 0.2) is 29.6 Å². The number of piperazine rings is 1. The number of likely N-dealkylation sites (tertiary alicyclic amines) is 1. The zero-order chi connectivity index (χ0) is 19.5. The molecule has 1 atom stereocenters. The summed E-state index contributed by atoms with van der Waals surface area (Å²) in [7, 11) is 1.69. The van der Waals surface area contributed by atoms with Gasteiger partial charge in [0.1, 0.15) is 11.4 Å². The third-order valence-corrected chi connectivity index (χ3v) is 6.54. The maximum absolute atomic E-state index is 12.8. The van der Waals surface area contributed by atoms with E-state index in [0.29, 0.717) is 11.6 Å². The van der Waals surface area contributed by atoms with E-state index in [-0.39, 0.29) is 5.91 Å². The first kappa shape index (κ1) is 19.1. The number of rotatable bonds is 4. The lowest BCUT2D eigenvalue weighted by Gasteiger charge is -2.36. The lowest BCUT2D eigenvalue weighted by atomic mass is 10.0. The second-order valence-corrected chi connectivity index (χ2v) is 8.52. The molecule has 0 radical (unpaired) electrons. The van der Waals surface area contributed by atoms with Crippen LogP contribution in [0.4, 0.5) is 10.8 Å². The van der Waals surface area contributed by atoms with Gasteiger partial charge < -0.3 is 19.4 Å². The molecule has 1 unspecified atom stereocenters. The molecule has 1 amide bonds. The number of nitrogens with zero attached hydrogens (tertiary/aromatic N) is 4. The van der Waals surface area contributed by atoms with E-state index in [2.05, 4.69) is 33.8 Å². The predicted octanol–water partition coefficient (Wildman–Crippen LogP) is 3.35. The van der Waals surface area contributed by atoms with E-state index in [0.717, 1.165) is 56.6 Å². The highest BCUT2D eigenvalue weighted by Crippen LogP contribution is 2.26. The van der Waals surface area contributed by atoms with E-state index in [1.54, 1.807) is 18.4 Å². The molecule has 7 heteroatoms. The van der Waals surface area contributed by atoms with E-state index in [9.17, 15) is 4.79 Å². The van der Waals surface area contributed by atoms with Gasteiger partial charge in [0.05, 0.1) is 7.11 Å². The molecule has 2 fully saturated rings. The molecule has 3 heterocycles. The Morgan fingerprint density at radius 3 is 2.50 bits per heavy atom. The summed E-state index contributed by atoms with van der Waals surface area (Å²) in [5.74, 6) is 1.55. The Hall–Kier alpha value is -2.28. The number of carbonyl (C=O) groups excluding carboxylic acids is 1. The number of anilines is 2. The topological polar surface area (TPSA) is 48.9 Å². The Labute approximate surface area is 170 Å². The van der Waals surface area contributed by atoms with Crippen molar-refractivity contribution in [1.29, 1.82) is 0 Å². The largest absolute Gasteiger partial charge is 0.497 e. The van der Waals surface area contributed by atoms with Gasteiger partial charge in [-0.2, -0.15) is 0 Å². The van der Waals surface area contributed by atoms with Crippen LogP contribution in [0.3, 0.4) is 0 Å². The van der Waals surface area contributed by atoms with E-state index in [4.69, 9.17) is 4.74 Å². The van der Waals surface area contributed by atoms with Crippen molar-refractivity contribution >= 4 is 28.1 Å². The summed E-state index contributed by atoms with van der Waals surface area (Å²) in [6.07, 6.45) is 2.31. The normalized spacial score (nSPS) is 20.4. The zero-order valence-electron chi connectivity index (χ0n) is 16.6. The van der Waals surface area contributed by atoms with Crippen molar-refractivity contribution in [3.8, 4) is 5.75 Å². The quantitative estimate of drug-likeness (QED) is 0.788. The number of thiazole rings is 1. The first-order valence-electron chi connectivity index (χ1n) is 10.0. The number of amides is 1. The Morgan fingerprint density at radius 1 is 1.11 bits per heavy atom. The average molecular weight is 401 g/mol. The Kier molecular flexibility index (Phi) is 5.71. The number of piperidine rings is 1. The van der Waals surface area contributed by atoms with Gasteiger partial charge in [-0.1, -0.05) is 6.92 Å². The van der Waals surface area contributed by atoms with Crippen molar-refractivity contribution in [3.63, 3.8) is 0 Å². The number of hydrogen-bond donors (Lipinski definition) is 0. The molecule has 0 saturated carbocycles. The maximum atomic E-state index is 12.8. The van der Waals surface area contributed by atoms with Gasteiger partial charge in [-0.05, 0) is 43.0 Å². The molecule has 2 saturated heterocycles. The average Bonchev–Trinajstić information content (AvgIpc) is 3.24. The molecule has 4 rings (SSSR count). The van der Waals surface area contributed by atoms with Gasteiger partial charge in [0.15, 0.2) is 5.13 Å². The minimum Gasteiger partial charge on any atom is -0.497 e. The van der Waals surface area contributed by atoms with Crippen molar-refractivity contribution in [2.24, 2.45) is 5.92 Å². The summed E-state index contributed by atoms with van der Waals surface area (Å²) < 4.78 is 5.24. The highest BCUT2D eigenvalue weighted by molar-refractivity contribution is 7.13. The number of benzene rings is 1. The summed E-state index contributed by atoms with van der Waals surface area (Å²) in [6.45, 7) is 7.64. The summed E-state index contributed by atoms with van der Waals surface area (Å²) in [4.78, 5) is 24.1. The molecular weight excluding hydrogens is 372 g/mol. The van der Waals surface area contributed by atoms with Crippen molar-refractivity contribution in [1.82, 2.24) is 9.88 Å². The Balaban J connectivity index is 1.35. The highest BCUT2D eigenvalue weighted by Gasteiger charge is 2.25. The lowest BCUT2D eigenvalue weighted by Crippen LogP contribution is -2.46. The van der Waals surface area contributed by atoms with Crippen molar-refractivity contribution in [2.75, 3.05) is 56.2 Å². The van der Waals surface area contributed by atoms with Gasteiger partial charge >= 0.3 is 0 Å². The molecule has 6 nitrogen and oxygen atoms in total. The molecule has 2 aliphatic rings. The Bertz CT molecular complexity index is 799. The monoisotopic (exact) mass is 400 g/mol. The highest BCUT2D eigenvalue weighted by atomic mass is 32.1. The molecule has 1 aromatic carbocycles. The van der Waals surface area contributed by atoms with Crippen LogP contribution >= 0.6 is 11.3 Å². The van der Waals surface area contributed by atoms with Crippen LogP contribution in [0.25, 0.3) is 0 Å². The summed E-state index contributed by atoms with van der Waals surface area (Å²) in [5.41, 5.74) is 1.82. The molecule has 0 aliphatic carbocycles. The van der Waals surface area contributed by atoms with Crippen LogP contribution in [0.2, 0.25) is 0 Å². The van der Waals surface area contributed by atoms with Crippen molar-refractivity contribution in [3.05, 3.63) is 35.3 Å². The fourth-order valence-corrected chi connectivity index (χ4v) is 4.85. The van der Waals surface area contributed by atoms with Gasteiger partial charge in [-0.3, -0.25) is 4.79 Å². The molecule has 0 spiro atoms. The summed E-state index contributed by atoms with van der Waals surface area (Å²) >= 11 is 1.58. The maximum Gasteiger partial charge on any atom is 0.273 e. The zero-order valence-corrected chi connectivity index (χ0v) is 17.5. The van der Waals surface area contributed by atoms with Gasteiger partial charge in [-0.25, -0.2) is 4.98 Å². The molecule has 28 heavy (non-hydrogen) atoms. The third kappa shape index (κ3) is 4.09. The summed E-state index contributed by atoms with van der Waals surface area (Å²) in [5, 5.41) is 2.88. The van der Waals surface area contributed by atoms with Crippen LogP contribution in [0.5, 0.6) is 5.75 Å². The van der Waals surface area contributed by atoms with E-state index < -0.39 is 0 Å². The second-order valence-electron chi connectivity index (χ2n) is 7.69. The van der Waals surface area contributed by atoms with Crippen molar-refractivity contribution < 1.29 is 9.53 Å². The van der Waals surface area contributed by atoms with Gasteiger partial charge in [0.2, 0.25) is 0 Å². The predicted molar refractivity (Wildman–Crippen MR) is 114 cm³/mol. The SMILES string of the molecule is COc1ccc(N2CCN(c3nc(C(=O)N4CCCC(C)C4)cs3)CC2)cc1. The third-order valence-electron chi connectivity index (χ3n) is 5.64. The van der Waals surface area contributed by atoms with Crippen LogP contribution in [0.1, 0.15) is 30.3 Å². The molecule has 2 aromatic rings. The van der Waals surface area contributed by atoms with Crippen LogP contribution in [-0.2, 0) is 0 Å². The number of ether oxygens (including phenoxy) is 1. The Morgan fingerprint density at radius 2 is 1.82 bits per heavy atom. The molecule has 150 valence electrons. The smallest absolute Gasteiger partial charge is 0.273 e. The molecular formula is C21H28N4O2S.